The SMILES string of the molecule is CCCC[C@H](NC(=O)OC(C)(C)C)B1O[C@@H]2C[C@@H]3C[C@@H](C3(C)C)[C@]2(C)O1. The van der Waals surface area contributed by atoms with E-state index < -0.39 is 11.7 Å². The topological polar surface area (TPSA) is 56.8 Å². The van der Waals surface area contributed by atoms with Crippen molar-refractivity contribution in [3.05, 3.63) is 0 Å². The Morgan fingerprint density at radius 3 is 2.58 bits per heavy atom. The fourth-order valence-corrected chi connectivity index (χ4v) is 5.23. The van der Waals surface area contributed by atoms with E-state index in [1.54, 1.807) is 0 Å². The molecule has 6 heteroatoms. The molecule has 0 unspecified atom stereocenters. The van der Waals surface area contributed by atoms with E-state index in [0.29, 0.717) is 11.3 Å². The highest BCUT2D eigenvalue weighted by Crippen LogP contribution is 2.65. The van der Waals surface area contributed by atoms with Crippen molar-refractivity contribution in [1.82, 2.24) is 5.32 Å². The van der Waals surface area contributed by atoms with Gasteiger partial charge in [0, 0.05) is 0 Å². The van der Waals surface area contributed by atoms with Gasteiger partial charge in [0.25, 0.3) is 0 Å². The molecule has 2 bridgehead atoms. The molecular weight excluding hydrogens is 329 g/mol. The van der Waals surface area contributed by atoms with Gasteiger partial charge in [-0.2, -0.15) is 0 Å². The van der Waals surface area contributed by atoms with Crippen LogP contribution < -0.4 is 5.32 Å². The minimum absolute atomic E-state index is 0.133. The van der Waals surface area contributed by atoms with Crippen molar-refractivity contribution in [3.63, 3.8) is 0 Å². The second kappa shape index (κ2) is 6.70. The molecule has 4 rings (SSSR count). The van der Waals surface area contributed by atoms with E-state index in [0.717, 1.165) is 31.6 Å². The van der Waals surface area contributed by atoms with E-state index >= 15 is 0 Å². The molecule has 1 heterocycles. The highest BCUT2D eigenvalue weighted by atomic mass is 16.7. The summed E-state index contributed by atoms with van der Waals surface area (Å²) in [5.41, 5.74) is -0.438. The molecule has 3 saturated carbocycles. The molecule has 0 aromatic rings. The van der Waals surface area contributed by atoms with Crippen LogP contribution in [-0.4, -0.2) is 36.5 Å². The van der Waals surface area contributed by atoms with Gasteiger partial charge in [0.1, 0.15) is 5.60 Å². The number of carbonyl (C=O) groups is 1. The third-order valence-electron chi connectivity index (χ3n) is 6.87. The molecule has 0 spiro atoms. The van der Waals surface area contributed by atoms with Gasteiger partial charge in [-0.05, 0) is 64.2 Å². The predicted molar refractivity (Wildman–Crippen MR) is 103 cm³/mol. The number of hydrogen-bond donors (Lipinski definition) is 1. The summed E-state index contributed by atoms with van der Waals surface area (Å²) in [6, 6.07) is 0. The van der Waals surface area contributed by atoms with Crippen LogP contribution in [0.5, 0.6) is 0 Å². The number of alkyl carbamates (subject to hydrolysis) is 1. The molecule has 0 radical (unpaired) electrons. The molecular formula is C20H36BNO4. The van der Waals surface area contributed by atoms with Gasteiger partial charge in [-0.25, -0.2) is 4.79 Å². The highest BCUT2D eigenvalue weighted by Gasteiger charge is 2.68. The van der Waals surface area contributed by atoms with Gasteiger partial charge in [-0.15, -0.1) is 0 Å². The maximum atomic E-state index is 12.3. The number of hydrogen-bond acceptors (Lipinski definition) is 4. The van der Waals surface area contributed by atoms with Crippen molar-refractivity contribution in [3.8, 4) is 0 Å². The number of ether oxygens (including phenoxy) is 1. The van der Waals surface area contributed by atoms with E-state index in [4.69, 9.17) is 14.0 Å². The second-order valence-electron chi connectivity index (χ2n) is 10.2. The summed E-state index contributed by atoms with van der Waals surface area (Å²) >= 11 is 0. The normalized spacial score (nSPS) is 36.1. The Hall–Kier alpha value is -0.745. The third-order valence-corrected chi connectivity index (χ3v) is 6.87. The summed E-state index contributed by atoms with van der Waals surface area (Å²) in [5.74, 6) is 1.07. The average Bonchev–Trinajstić information content (AvgIpc) is 2.86. The van der Waals surface area contributed by atoms with Gasteiger partial charge in [-0.1, -0.05) is 33.6 Å². The largest absolute Gasteiger partial charge is 0.481 e. The standard InChI is InChI=1S/C20H36BNO4/c1-8-9-10-16(22-17(23)24-18(2,3)4)21-25-15-12-13-11-14(19(13,5)6)20(15,7)26-21/h13-16H,8-12H2,1-7H3,(H,22,23)/t13-,14-,15+,16-,20-/m0/s1. The van der Waals surface area contributed by atoms with E-state index in [2.05, 4.69) is 33.0 Å². The zero-order valence-electron chi connectivity index (χ0n) is 17.6. The molecule has 1 amide bonds. The maximum absolute atomic E-state index is 12.3. The smallest absolute Gasteiger partial charge is 0.444 e. The van der Waals surface area contributed by atoms with Crippen LogP contribution in [0.1, 0.15) is 80.6 Å². The Bertz CT molecular complexity index is 546. The number of carbonyl (C=O) groups excluding carboxylic acids is 1. The molecule has 5 atom stereocenters. The van der Waals surface area contributed by atoms with Gasteiger partial charge < -0.3 is 19.4 Å². The first-order valence-electron chi connectivity index (χ1n) is 10.3. The van der Waals surface area contributed by atoms with Crippen LogP contribution in [0.25, 0.3) is 0 Å². The Labute approximate surface area is 159 Å². The average molecular weight is 365 g/mol. The first-order chi connectivity index (χ1) is 12.0. The van der Waals surface area contributed by atoms with Crippen molar-refractivity contribution >= 4 is 13.2 Å². The third kappa shape index (κ3) is 3.51. The van der Waals surface area contributed by atoms with Crippen LogP contribution >= 0.6 is 0 Å². The highest BCUT2D eigenvalue weighted by molar-refractivity contribution is 6.47. The summed E-state index contributed by atoms with van der Waals surface area (Å²) in [6.45, 7) is 14.7. The molecule has 5 nitrogen and oxygen atoms in total. The molecule has 0 aromatic carbocycles. The first-order valence-corrected chi connectivity index (χ1v) is 10.3. The molecule has 1 N–H and O–H groups in total. The van der Waals surface area contributed by atoms with Gasteiger partial charge in [-0.3, -0.25) is 0 Å². The van der Waals surface area contributed by atoms with Crippen LogP contribution in [0.4, 0.5) is 4.79 Å². The molecule has 3 aliphatic carbocycles. The van der Waals surface area contributed by atoms with Gasteiger partial charge in [0.05, 0.1) is 17.6 Å². The lowest BCUT2D eigenvalue weighted by atomic mass is 9.43. The Morgan fingerprint density at radius 2 is 2.00 bits per heavy atom. The minimum atomic E-state index is -0.512. The summed E-state index contributed by atoms with van der Waals surface area (Å²) < 4.78 is 18.3. The minimum Gasteiger partial charge on any atom is -0.444 e. The Balaban J connectivity index is 1.69. The summed E-state index contributed by atoms with van der Waals surface area (Å²) in [6.07, 6.45) is 4.95. The van der Waals surface area contributed by atoms with Crippen LogP contribution in [0, 0.1) is 17.3 Å². The van der Waals surface area contributed by atoms with Crippen LogP contribution in [0.3, 0.4) is 0 Å². The predicted octanol–water partition coefficient (Wildman–Crippen LogP) is 4.34. The van der Waals surface area contributed by atoms with Gasteiger partial charge in [0.2, 0.25) is 0 Å². The van der Waals surface area contributed by atoms with E-state index in [-0.39, 0.29) is 24.8 Å². The fraction of sp³-hybridized carbons (Fsp3) is 0.950. The molecule has 148 valence electrons. The van der Waals surface area contributed by atoms with Crippen LogP contribution in [0.15, 0.2) is 0 Å². The molecule has 0 aromatic heterocycles. The monoisotopic (exact) mass is 365 g/mol. The molecule has 1 aliphatic heterocycles. The van der Waals surface area contributed by atoms with Crippen LogP contribution in [0.2, 0.25) is 0 Å². The van der Waals surface area contributed by atoms with E-state index in [9.17, 15) is 4.79 Å². The Morgan fingerprint density at radius 1 is 1.31 bits per heavy atom. The van der Waals surface area contributed by atoms with Crippen LogP contribution in [-0.2, 0) is 14.0 Å². The number of amides is 1. The zero-order chi connectivity index (χ0) is 19.3. The summed E-state index contributed by atoms with van der Waals surface area (Å²) in [4.78, 5) is 12.3. The van der Waals surface area contributed by atoms with Gasteiger partial charge in [0.15, 0.2) is 0 Å². The summed E-state index contributed by atoms with van der Waals surface area (Å²) in [5, 5.41) is 3.02. The zero-order valence-corrected chi connectivity index (χ0v) is 17.6. The lowest BCUT2D eigenvalue weighted by molar-refractivity contribution is -0.199. The van der Waals surface area contributed by atoms with Crippen molar-refractivity contribution in [1.29, 1.82) is 0 Å². The second-order valence-corrected chi connectivity index (χ2v) is 10.2. The number of rotatable bonds is 5. The molecule has 26 heavy (non-hydrogen) atoms. The van der Waals surface area contributed by atoms with Gasteiger partial charge >= 0.3 is 13.2 Å². The summed E-state index contributed by atoms with van der Waals surface area (Å²) in [7, 11) is -0.390. The molecule has 4 aliphatic rings. The van der Waals surface area contributed by atoms with Crippen molar-refractivity contribution < 1.29 is 18.8 Å². The Kier molecular flexibility index (Phi) is 5.15. The van der Waals surface area contributed by atoms with E-state index in [1.165, 1.54) is 6.42 Å². The number of nitrogens with one attached hydrogen (secondary N) is 1. The quantitative estimate of drug-likeness (QED) is 0.737. The van der Waals surface area contributed by atoms with E-state index in [1.807, 2.05) is 20.8 Å². The first kappa shape index (κ1) is 20.0. The molecule has 4 fully saturated rings. The lowest BCUT2D eigenvalue weighted by Gasteiger charge is -2.64. The van der Waals surface area contributed by atoms with Crippen molar-refractivity contribution in [2.45, 2.75) is 104 Å². The van der Waals surface area contributed by atoms with Crippen molar-refractivity contribution in [2.75, 3.05) is 0 Å². The number of unbranched alkanes of at least 4 members (excludes halogenated alkanes) is 1. The maximum Gasteiger partial charge on any atom is 0.481 e. The lowest BCUT2D eigenvalue weighted by Crippen LogP contribution is -2.65. The molecule has 1 saturated heterocycles. The van der Waals surface area contributed by atoms with Crippen molar-refractivity contribution in [2.24, 2.45) is 17.3 Å². The fourth-order valence-electron chi connectivity index (χ4n) is 5.23.